The van der Waals surface area contributed by atoms with Gasteiger partial charge in [-0.3, -0.25) is 4.79 Å². The molecule has 0 fully saturated rings. The molecule has 1 N–H and O–H groups in total. The van der Waals surface area contributed by atoms with Crippen molar-refractivity contribution in [3.05, 3.63) is 66.7 Å². The molecule has 6 nitrogen and oxygen atoms in total. The van der Waals surface area contributed by atoms with Crippen molar-refractivity contribution in [1.29, 1.82) is 0 Å². The van der Waals surface area contributed by atoms with E-state index in [0.29, 0.717) is 22.6 Å². The van der Waals surface area contributed by atoms with Gasteiger partial charge in [0.15, 0.2) is 0 Å². The summed E-state index contributed by atoms with van der Waals surface area (Å²) in [4.78, 5) is 12.2. The molecule has 3 aromatic carbocycles. The van der Waals surface area contributed by atoms with Gasteiger partial charge in [-0.15, -0.1) is 10.2 Å². The Morgan fingerprint density at radius 2 is 1.82 bits per heavy atom. The van der Waals surface area contributed by atoms with Gasteiger partial charge in [-0.2, -0.15) is 0 Å². The zero-order valence-electron chi connectivity index (χ0n) is 15.1. The number of hydrogen-bond donors (Lipinski definition) is 1. The summed E-state index contributed by atoms with van der Waals surface area (Å²) in [6, 6.07) is 21.3. The van der Waals surface area contributed by atoms with Crippen LogP contribution in [-0.2, 0) is 4.79 Å². The molecule has 7 heteroatoms. The minimum Gasteiger partial charge on any atom is -0.495 e. The molecule has 0 atom stereocenters. The third-order valence-corrected chi connectivity index (χ3v) is 4.93. The number of carbonyl (C=O) groups is 1. The Kier molecular flexibility index (Phi) is 5.25. The van der Waals surface area contributed by atoms with Crippen LogP contribution in [0.15, 0.2) is 76.4 Å². The summed E-state index contributed by atoms with van der Waals surface area (Å²) in [5.41, 5.74) is 1.47. The lowest BCUT2D eigenvalue weighted by Gasteiger charge is -2.08. The van der Waals surface area contributed by atoms with Crippen LogP contribution in [0.2, 0.25) is 0 Å². The second kappa shape index (κ2) is 8.14. The normalized spacial score (nSPS) is 10.8. The Labute approximate surface area is 165 Å². The second-order valence-corrected chi connectivity index (χ2v) is 6.90. The first-order valence-electron chi connectivity index (χ1n) is 8.61. The third-order valence-electron chi connectivity index (χ3n) is 4.11. The number of benzene rings is 3. The number of hydrogen-bond acceptors (Lipinski definition) is 6. The van der Waals surface area contributed by atoms with E-state index in [4.69, 9.17) is 9.15 Å². The summed E-state index contributed by atoms with van der Waals surface area (Å²) in [6.45, 7) is 0. The highest BCUT2D eigenvalue weighted by Gasteiger charge is 2.13. The Bertz CT molecular complexity index is 1130. The van der Waals surface area contributed by atoms with E-state index in [1.54, 1.807) is 19.2 Å². The van der Waals surface area contributed by atoms with E-state index in [0.717, 1.165) is 16.3 Å². The number of fused-ring (bicyclic) bond motifs is 1. The maximum Gasteiger partial charge on any atom is 0.277 e. The maximum atomic E-state index is 12.2. The standard InChI is InChI=1S/C21H17N3O3S/c1-26-18-9-5-4-8-17(18)22-19(25)13-28-21-24-23-20(27-21)16-11-10-14-6-2-3-7-15(14)12-16/h2-12H,13H2,1H3,(H,22,25). The fraction of sp³-hybridized carbons (Fsp3) is 0.0952. The Morgan fingerprint density at radius 3 is 2.68 bits per heavy atom. The van der Waals surface area contributed by atoms with Crippen LogP contribution in [0.4, 0.5) is 5.69 Å². The lowest BCUT2D eigenvalue weighted by atomic mass is 10.1. The van der Waals surface area contributed by atoms with Gasteiger partial charge in [-0.05, 0) is 35.0 Å². The molecule has 0 saturated heterocycles. The van der Waals surface area contributed by atoms with Gasteiger partial charge in [-0.25, -0.2) is 0 Å². The van der Waals surface area contributed by atoms with Crippen molar-refractivity contribution in [3.63, 3.8) is 0 Å². The van der Waals surface area contributed by atoms with Crippen LogP contribution in [0.1, 0.15) is 0 Å². The van der Waals surface area contributed by atoms with Crippen LogP contribution in [0.5, 0.6) is 5.75 Å². The molecule has 0 aliphatic heterocycles. The summed E-state index contributed by atoms with van der Waals surface area (Å²) in [6.07, 6.45) is 0. The zero-order chi connectivity index (χ0) is 19.3. The Hall–Kier alpha value is -3.32. The minimum atomic E-state index is -0.181. The Balaban J connectivity index is 1.41. The molecule has 0 spiro atoms. The summed E-state index contributed by atoms with van der Waals surface area (Å²) in [7, 11) is 1.56. The highest BCUT2D eigenvalue weighted by Crippen LogP contribution is 2.27. The van der Waals surface area contributed by atoms with Crippen LogP contribution < -0.4 is 10.1 Å². The Morgan fingerprint density at radius 1 is 1.04 bits per heavy atom. The third kappa shape index (κ3) is 3.99. The zero-order valence-corrected chi connectivity index (χ0v) is 15.9. The number of anilines is 1. The lowest BCUT2D eigenvalue weighted by Crippen LogP contribution is -2.14. The van der Waals surface area contributed by atoms with E-state index in [-0.39, 0.29) is 11.7 Å². The smallest absolute Gasteiger partial charge is 0.277 e. The fourth-order valence-electron chi connectivity index (χ4n) is 2.77. The van der Waals surface area contributed by atoms with Crippen LogP contribution >= 0.6 is 11.8 Å². The van der Waals surface area contributed by atoms with E-state index in [1.807, 2.05) is 48.5 Å². The lowest BCUT2D eigenvalue weighted by molar-refractivity contribution is -0.113. The van der Waals surface area contributed by atoms with Crippen LogP contribution in [0.3, 0.4) is 0 Å². The summed E-state index contributed by atoms with van der Waals surface area (Å²) in [5.74, 6) is 1.01. The molecule has 140 valence electrons. The highest BCUT2D eigenvalue weighted by atomic mass is 32.2. The fourth-order valence-corrected chi connectivity index (χ4v) is 3.33. The van der Waals surface area contributed by atoms with E-state index < -0.39 is 0 Å². The number of para-hydroxylation sites is 2. The van der Waals surface area contributed by atoms with Crippen LogP contribution in [0, 0.1) is 0 Å². The first kappa shape index (κ1) is 18.1. The number of carbonyl (C=O) groups excluding carboxylic acids is 1. The van der Waals surface area contributed by atoms with Crippen molar-refractivity contribution in [2.45, 2.75) is 5.22 Å². The number of nitrogens with zero attached hydrogens (tertiary/aromatic N) is 2. The van der Waals surface area contributed by atoms with E-state index >= 15 is 0 Å². The number of thioether (sulfide) groups is 1. The first-order chi connectivity index (χ1) is 13.7. The van der Waals surface area contributed by atoms with Gasteiger partial charge in [0.2, 0.25) is 11.8 Å². The predicted octanol–water partition coefficient (Wildman–Crippen LogP) is 4.63. The number of aromatic nitrogens is 2. The molecular weight excluding hydrogens is 374 g/mol. The number of amides is 1. The molecule has 1 aromatic heterocycles. The molecular formula is C21H17N3O3S. The predicted molar refractivity (Wildman–Crippen MR) is 110 cm³/mol. The van der Waals surface area contributed by atoms with Crippen LogP contribution in [-0.4, -0.2) is 29.0 Å². The molecule has 0 aliphatic rings. The number of methoxy groups -OCH3 is 1. The van der Waals surface area contributed by atoms with Gasteiger partial charge in [0.1, 0.15) is 5.75 Å². The van der Waals surface area contributed by atoms with Gasteiger partial charge in [0, 0.05) is 5.56 Å². The van der Waals surface area contributed by atoms with Crippen molar-refractivity contribution >= 4 is 34.1 Å². The first-order valence-corrected chi connectivity index (χ1v) is 9.60. The van der Waals surface area contributed by atoms with Gasteiger partial charge < -0.3 is 14.5 Å². The second-order valence-electron chi connectivity index (χ2n) is 5.97. The van der Waals surface area contributed by atoms with Gasteiger partial charge in [-0.1, -0.05) is 54.2 Å². The van der Waals surface area contributed by atoms with Crippen molar-refractivity contribution in [2.75, 3.05) is 18.2 Å². The molecule has 1 amide bonds. The van der Waals surface area contributed by atoms with Crippen molar-refractivity contribution in [3.8, 4) is 17.2 Å². The summed E-state index contributed by atoms with van der Waals surface area (Å²) < 4.78 is 10.9. The van der Waals surface area contributed by atoms with E-state index in [2.05, 4.69) is 21.6 Å². The van der Waals surface area contributed by atoms with E-state index in [1.165, 1.54) is 11.8 Å². The molecule has 0 saturated carbocycles. The summed E-state index contributed by atoms with van der Waals surface area (Å²) >= 11 is 1.19. The minimum absolute atomic E-state index is 0.150. The topological polar surface area (TPSA) is 77.2 Å². The molecule has 0 unspecified atom stereocenters. The quantitative estimate of drug-likeness (QED) is 0.483. The van der Waals surface area contributed by atoms with Crippen LogP contribution in [0.25, 0.3) is 22.2 Å². The van der Waals surface area contributed by atoms with Crippen molar-refractivity contribution < 1.29 is 13.9 Å². The number of nitrogens with one attached hydrogen (secondary N) is 1. The van der Waals surface area contributed by atoms with Crippen molar-refractivity contribution in [1.82, 2.24) is 10.2 Å². The number of ether oxygens (including phenoxy) is 1. The summed E-state index contributed by atoms with van der Waals surface area (Å²) in [5, 5.41) is 13.5. The number of rotatable bonds is 6. The van der Waals surface area contributed by atoms with E-state index in [9.17, 15) is 4.79 Å². The molecule has 1 heterocycles. The molecule has 28 heavy (non-hydrogen) atoms. The van der Waals surface area contributed by atoms with Crippen molar-refractivity contribution in [2.24, 2.45) is 0 Å². The molecule has 0 radical (unpaired) electrons. The average Bonchev–Trinajstić information content (AvgIpc) is 3.21. The molecule has 4 aromatic rings. The molecule has 0 bridgehead atoms. The maximum absolute atomic E-state index is 12.2. The van der Waals surface area contributed by atoms with Gasteiger partial charge in [0.05, 0.1) is 18.6 Å². The highest BCUT2D eigenvalue weighted by molar-refractivity contribution is 7.99. The molecule has 0 aliphatic carbocycles. The average molecular weight is 391 g/mol. The SMILES string of the molecule is COc1ccccc1NC(=O)CSc1nnc(-c2ccc3ccccc3c2)o1. The largest absolute Gasteiger partial charge is 0.495 e. The molecule has 4 rings (SSSR count). The van der Waals surface area contributed by atoms with Gasteiger partial charge in [0.25, 0.3) is 5.22 Å². The van der Waals surface area contributed by atoms with Gasteiger partial charge >= 0.3 is 0 Å². The monoisotopic (exact) mass is 391 g/mol.